The highest BCUT2D eigenvalue weighted by Crippen LogP contribution is 2.34. The molecule has 0 aliphatic heterocycles. The molecule has 0 aliphatic carbocycles. The van der Waals surface area contributed by atoms with Crippen molar-refractivity contribution in [2.45, 2.75) is 32.1 Å². The maximum absolute atomic E-state index is 5.96. The fraction of sp³-hybridized carbons (Fsp3) is 0.353. The van der Waals surface area contributed by atoms with Crippen molar-refractivity contribution < 1.29 is 4.74 Å². The normalized spacial score (nSPS) is 11.4. The number of alkyl halides is 1. The van der Waals surface area contributed by atoms with E-state index in [1.165, 1.54) is 11.1 Å². The molecule has 1 aromatic carbocycles. The molecule has 0 saturated heterocycles. The van der Waals surface area contributed by atoms with E-state index >= 15 is 0 Å². The van der Waals surface area contributed by atoms with Crippen molar-refractivity contribution in [1.29, 1.82) is 0 Å². The van der Waals surface area contributed by atoms with Crippen molar-refractivity contribution in [2.24, 2.45) is 0 Å². The van der Waals surface area contributed by atoms with Crippen LogP contribution in [0.25, 0.3) is 11.1 Å². The molecule has 1 heterocycles. The Balaban J connectivity index is 2.54. The van der Waals surface area contributed by atoms with Crippen LogP contribution in [0.1, 0.15) is 31.9 Å². The number of rotatable bonds is 3. The molecule has 0 unspecified atom stereocenters. The molecule has 0 bridgehead atoms. The highest BCUT2D eigenvalue weighted by atomic mass is 35.5. The molecule has 1 aromatic heterocycles. The van der Waals surface area contributed by atoms with Crippen LogP contribution in [0.2, 0.25) is 0 Å². The lowest BCUT2D eigenvalue weighted by Crippen LogP contribution is -2.13. The third-order valence-electron chi connectivity index (χ3n) is 3.30. The Kier molecular flexibility index (Phi) is 4.34. The topological polar surface area (TPSA) is 22.1 Å². The summed E-state index contributed by atoms with van der Waals surface area (Å²) < 4.78 is 5.11. The second-order valence-corrected chi connectivity index (χ2v) is 6.12. The zero-order valence-corrected chi connectivity index (χ0v) is 13.2. The number of nitrogens with zero attached hydrogens (tertiary/aromatic N) is 1. The number of aromatic nitrogens is 1. The van der Waals surface area contributed by atoms with Crippen LogP contribution < -0.4 is 4.74 Å². The summed E-state index contributed by atoms with van der Waals surface area (Å²) in [6.07, 6.45) is 1.85. The molecular weight excluding hydrogens is 270 g/mol. The fourth-order valence-corrected chi connectivity index (χ4v) is 2.37. The van der Waals surface area contributed by atoms with Gasteiger partial charge in [-0.2, -0.15) is 0 Å². The van der Waals surface area contributed by atoms with Crippen LogP contribution in [0.4, 0.5) is 0 Å². The number of ether oxygens (including phenoxy) is 1. The van der Waals surface area contributed by atoms with Gasteiger partial charge < -0.3 is 4.74 Å². The van der Waals surface area contributed by atoms with Crippen LogP contribution in [0.15, 0.2) is 36.5 Å². The van der Waals surface area contributed by atoms with E-state index in [9.17, 15) is 0 Å². The summed E-state index contributed by atoms with van der Waals surface area (Å²) in [6, 6.07) is 10.3. The molecule has 0 spiro atoms. The standard InChI is InChI=1S/C17H20ClNO/c1-17(2,3)15-9-12(10-18)5-7-14(15)13-6-8-16(20-4)19-11-13/h5-9,11H,10H2,1-4H3. The van der Waals surface area contributed by atoms with Crippen LogP contribution in [0.3, 0.4) is 0 Å². The average molecular weight is 290 g/mol. The quantitative estimate of drug-likeness (QED) is 0.758. The second kappa shape index (κ2) is 5.84. The van der Waals surface area contributed by atoms with Gasteiger partial charge in [0.15, 0.2) is 0 Å². The van der Waals surface area contributed by atoms with Crippen LogP contribution in [-0.4, -0.2) is 12.1 Å². The Morgan fingerprint density at radius 3 is 2.40 bits per heavy atom. The molecule has 0 N–H and O–H groups in total. The molecule has 3 heteroatoms. The Hall–Kier alpha value is -1.54. The minimum absolute atomic E-state index is 0.0529. The molecule has 2 nitrogen and oxygen atoms in total. The number of halogens is 1. The maximum atomic E-state index is 5.96. The summed E-state index contributed by atoms with van der Waals surface area (Å²) in [5, 5.41) is 0. The van der Waals surface area contributed by atoms with Gasteiger partial charge in [-0.15, -0.1) is 11.6 Å². The molecule has 2 aromatic rings. The van der Waals surface area contributed by atoms with E-state index in [4.69, 9.17) is 16.3 Å². The van der Waals surface area contributed by atoms with Gasteiger partial charge in [-0.25, -0.2) is 4.98 Å². The van der Waals surface area contributed by atoms with E-state index in [0.29, 0.717) is 11.8 Å². The van der Waals surface area contributed by atoms with Gasteiger partial charge in [-0.05, 0) is 28.2 Å². The van der Waals surface area contributed by atoms with Crippen molar-refractivity contribution in [1.82, 2.24) is 4.98 Å². The Morgan fingerprint density at radius 1 is 1.15 bits per heavy atom. The molecule has 0 amide bonds. The Morgan fingerprint density at radius 2 is 1.90 bits per heavy atom. The minimum Gasteiger partial charge on any atom is -0.481 e. The first-order chi connectivity index (χ1) is 9.45. The van der Waals surface area contributed by atoms with Gasteiger partial charge in [0.2, 0.25) is 5.88 Å². The van der Waals surface area contributed by atoms with Gasteiger partial charge in [0.25, 0.3) is 0 Å². The van der Waals surface area contributed by atoms with E-state index in [-0.39, 0.29) is 5.41 Å². The van der Waals surface area contributed by atoms with Crippen LogP contribution in [-0.2, 0) is 11.3 Å². The smallest absolute Gasteiger partial charge is 0.212 e. The molecular formula is C17H20ClNO. The summed E-state index contributed by atoms with van der Waals surface area (Å²) in [5.41, 5.74) is 4.76. The predicted molar refractivity (Wildman–Crippen MR) is 84.5 cm³/mol. The average Bonchev–Trinajstić information content (AvgIpc) is 2.46. The zero-order chi connectivity index (χ0) is 14.8. The Labute approximate surface area is 125 Å². The first kappa shape index (κ1) is 14.9. The Bertz CT molecular complexity index is 585. The van der Waals surface area contributed by atoms with Gasteiger partial charge >= 0.3 is 0 Å². The molecule has 2 rings (SSSR count). The van der Waals surface area contributed by atoms with Gasteiger partial charge in [0.1, 0.15) is 0 Å². The van der Waals surface area contributed by atoms with Crippen molar-refractivity contribution in [3.63, 3.8) is 0 Å². The minimum atomic E-state index is 0.0529. The first-order valence-corrected chi connectivity index (χ1v) is 7.19. The number of hydrogen-bond acceptors (Lipinski definition) is 2. The fourth-order valence-electron chi connectivity index (χ4n) is 2.21. The highest BCUT2D eigenvalue weighted by Gasteiger charge is 2.19. The van der Waals surface area contributed by atoms with Crippen molar-refractivity contribution in [3.05, 3.63) is 47.7 Å². The van der Waals surface area contributed by atoms with Crippen molar-refractivity contribution in [2.75, 3.05) is 7.11 Å². The van der Waals surface area contributed by atoms with E-state index in [0.717, 1.165) is 11.1 Å². The summed E-state index contributed by atoms with van der Waals surface area (Å²) in [4.78, 5) is 4.29. The second-order valence-electron chi connectivity index (χ2n) is 5.85. The highest BCUT2D eigenvalue weighted by molar-refractivity contribution is 6.17. The van der Waals surface area contributed by atoms with Crippen molar-refractivity contribution in [3.8, 4) is 17.0 Å². The van der Waals surface area contributed by atoms with E-state index in [1.807, 2.05) is 18.3 Å². The van der Waals surface area contributed by atoms with Gasteiger partial charge in [0.05, 0.1) is 7.11 Å². The first-order valence-electron chi connectivity index (χ1n) is 6.65. The van der Waals surface area contributed by atoms with Gasteiger partial charge in [-0.3, -0.25) is 0 Å². The van der Waals surface area contributed by atoms with Crippen LogP contribution >= 0.6 is 11.6 Å². The van der Waals surface area contributed by atoms with Crippen LogP contribution in [0, 0.1) is 0 Å². The zero-order valence-electron chi connectivity index (χ0n) is 12.4. The van der Waals surface area contributed by atoms with E-state index in [1.54, 1.807) is 7.11 Å². The molecule has 20 heavy (non-hydrogen) atoms. The lowest BCUT2D eigenvalue weighted by molar-refractivity contribution is 0.398. The van der Waals surface area contributed by atoms with Crippen LogP contribution in [0.5, 0.6) is 5.88 Å². The molecule has 0 saturated carbocycles. The number of hydrogen-bond donors (Lipinski definition) is 0. The van der Waals surface area contributed by atoms with E-state index in [2.05, 4.69) is 44.0 Å². The molecule has 0 fully saturated rings. The van der Waals surface area contributed by atoms with Gasteiger partial charge in [0, 0.05) is 23.7 Å². The molecule has 106 valence electrons. The molecule has 0 aliphatic rings. The monoisotopic (exact) mass is 289 g/mol. The SMILES string of the molecule is COc1ccc(-c2ccc(CCl)cc2C(C)(C)C)cn1. The maximum Gasteiger partial charge on any atom is 0.212 e. The number of benzene rings is 1. The summed E-state index contributed by atoms with van der Waals surface area (Å²) in [5.74, 6) is 1.16. The molecule has 0 radical (unpaired) electrons. The third-order valence-corrected chi connectivity index (χ3v) is 3.61. The summed E-state index contributed by atoms with van der Waals surface area (Å²) in [7, 11) is 1.62. The van der Waals surface area contributed by atoms with E-state index < -0.39 is 0 Å². The van der Waals surface area contributed by atoms with Gasteiger partial charge in [-0.1, -0.05) is 39.0 Å². The lowest BCUT2D eigenvalue weighted by atomic mass is 9.81. The number of methoxy groups -OCH3 is 1. The predicted octanol–water partition coefficient (Wildman–Crippen LogP) is 4.79. The summed E-state index contributed by atoms with van der Waals surface area (Å²) in [6.45, 7) is 6.63. The van der Waals surface area contributed by atoms with Crippen molar-refractivity contribution >= 4 is 11.6 Å². The number of pyridine rings is 1. The largest absolute Gasteiger partial charge is 0.481 e. The lowest BCUT2D eigenvalue weighted by Gasteiger charge is -2.24. The molecule has 0 atom stereocenters. The summed E-state index contributed by atoms with van der Waals surface area (Å²) >= 11 is 5.96. The third kappa shape index (κ3) is 3.13.